The monoisotopic (exact) mass is 188 g/mol. The predicted molar refractivity (Wildman–Crippen MR) is 54.1 cm³/mol. The van der Waals surface area contributed by atoms with Crippen molar-refractivity contribution in [2.75, 3.05) is 7.05 Å². The van der Waals surface area contributed by atoms with Gasteiger partial charge in [0.15, 0.2) is 0 Å². The second-order valence-corrected chi connectivity index (χ2v) is 3.05. The van der Waals surface area contributed by atoms with E-state index in [1.807, 2.05) is 30.2 Å². The molecule has 0 unspecified atom stereocenters. The van der Waals surface area contributed by atoms with Gasteiger partial charge in [0.2, 0.25) is 0 Å². The van der Waals surface area contributed by atoms with E-state index in [4.69, 9.17) is 0 Å². The number of imidazole rings is 1. The minimum atomic E-state index is 0.829. The smallest absolute Gasteiger partial charge is 0.0992 e. The largest absolute Gasteiger partial charge is 0.316 e. The molecular formula is C10H12N4. The van der Waals surface area contributed by atoms with Crippen LogP contribution in [0.25, 0.3) is 5.69 Å². The zero-order valence-corrected chi connectivity index (χ0v) is 8.01. The average molecular weight is 188 g/mol. The normalized spacial score (nSPS) is 10.4. The Morgan fingerprint density at radius 1 is 1.36 bits per heavy atom. The van der Waals surface area contributed by atoms with Crippen molar-refractivity contribution < 1.29 is 0 Å². The number of nitrogens with zero attached hydrogens (tertiary/aromatic N) is 3. The molecule has 2 rings (SSSR count). The molecule has 4 nitrogen and oxygen atoms in total. The maximum Gasteiger partial charge on any atom is 0.0992 e. The van der Waals surface area contributed by atoms with E-state index in [2.05, 4.69) is 21.4 Å². The third-order valence-electron chi connectivity index (χ3n) is 1.96. The average Bonchev–Trinajstić information content (AvgIpc) is 2.71. The molecule has 0 aliphatic carbocycles. The van der Waals surface area contributed by atoms with Gasteiger partial charge in [0.1, 0.15) is 0 Å². The number of pyridine rings is 1. The fourth-order valence-corrected chi connectivity index (χ4v) is 1.33. The second-order valence-electron chi connectivity index (χ2n) is 3.05. The molecule has 0 bridgehead atoms. The zero-order valence-electron chi connectivity index (χ0n) is 8.01. The van der Waals surface area contributed by atoms with Crippen molar-refractivity contribution in [1.82, 2.24) is 19.9 Å². The summed E-state index contributed by atoms with van der Waals surface area (Å²) in [5.41, 5.74) is 2.20. The summed E-state index contributed by atoms with van der Waals surface area (Å²) in [6, 6.07) is 2.09. The maximum absolute atomic E-state index is 4.17. The number of hydrogen-bond acceptors (Lipinski definition) is 3. The Balaban J connectivity index is 2.31. The summed E-state index contributed by atoms with van der Waals surface area (Å²) in [6.45, 7) is 0.829. The maximum atomic E-state index is 4.17. The molecular weight excluding hydrogens is 176 g/mol. The summed E-state index contributed by atoms with van der Waals surface area (Å²) in [6.07, 6.45) is 9.10. The summed E-state index contributed by atoms with van der Waals surface area (Å²) in [4.78, 5) is 8.16. The van der Waals surface area contributed by atoms with Crippen LogP contribution in [-0.2, 0) is 6.54 Å². The van der Waals surface area contributed by atoms with Crippen molar-refractivity contribution in [3.05, 3.63) is 42.7 Å². The van der Waals surface area contributed by atoms with Gasteiger partial charge in [-0.15, -0.1) is 0 Å². The quantitative estimate of drug-likeness (QED) is 0.781. The molecule has 0 saturated carbocycles. The van der Waals surface area contributed by atoms with Gasteiger partial charge in [0.05, 0.1) is 18.2 Å². The van der Waals surface area contributed by atoms with Gasteiger partial charge < -0.3 is 9.88 Å². The second kappa shape index (κ2) is 4.02. The van der Waals surface area contributed by atoms with Crippen molar-refractivity contribution in [3.63, 3.8) is 0 Å². The van der Waals surface area contributed by atoms with Crippen LogP contribution in [0.5, 0.6) is 0 Å². The highest BCUT2D eigenvalue weighted by Gasteiger charge is 1.97. The first-order valence-corrected chi connectivity index (χ1v) is 4.47. The molecule has 0 aromatic carbocycles. The molecule has 0 amide bonds. The highest BCUT2D eigenvalue weighted by atomic mass is 15.0. The number of aromatic nitrogens is 3. The lowest BCUT2D eigenvalue weighted by atomic mass is 10.2. The van der Waals surface area contributed by atoms with Crippen molar-refractivity contribution in [2.45, 2.75) is 6.54 Å². The minimum Gasteiger partial charge on any atom is -0.316 e. The SMILES string of the molecule is CNCc1cncc(-n2ccnc2)c1. The van der Waals surface area contributed by atoms with E-state index in [-0.39, 0.29) is 0 Å². The van der Waals surface area contributed by atoms with Crippen molar-refractivity contribution in [3.8, 4) is 5.69 Å². The molecule has 0 atom stereocenters. The summed E-state index contributed by atoms with van der Waals surface area (Å²) in [7, 11) is 1.92. The Bertz CT molecular complexity index is 394. The van der Waals surface area contributed by atoms with Crippen molar-refractivity contribution in [1.29, 1.82) is 0 Å². The molecule has 2 heterocycles. The molecule has 0 radical (unpaired) electrons. The summed E-state index contributed by atoms with van der Waals surface area (Å²) in [5, 5.41) is 3.09. The lowest BCUT2D eigenvalue weighted by molar-refractivity contribution is 0.811. The molecule has 0 spiro atoms. The first kappa shape index (κ1) is 8.90. The van der Waals surface area contributed by atoms with Gasteiger partial charge in [0, 0.05) is 25.1 Å². The molecule has 0 fully saturated rings. The molecule has 2 aromatic rings. The zero-order chi connectivity index (χ0) is 9.80. The van der Waals surface area contributed by atoms with E-state index < -0.39 is 0 Å². The van der Waals surface area contributed by atoms with Crippen molar-refractivity contribution >= 4 is 0 Å². The van der Waals surface area contributed by atoms with Gasteiger partial charge in [-0.05, 0) is 18.7 Å². The Labute approximate surface area is 82.6 Å². The number of nitrogens with one attached hydrogen (secondary N) is 1. The Morgan fingerprint density at radius 3 is 3.00 bits per heavy atom. The molecule has 2 aromatic heterocycles. The third-order valence-corrected chi connectivity index (χ3v) is 1.96. The van der Waals surface area contributed by atoms with Crippen LogP contribution in [0.3, 0.4) is 0 Å². The minimum absolute atomic E-state index is 0.829. The number of rotatable bonds is 3. The van der Waals surface area contributed by atoms with Crippen LogP contribution in [0.1, 0.15) is 5.56 Å². The molecule has 72 valence electrons. The summed E-state index contributed by atoms with van der Waals surface area (Å²) < 4.78 is 1.94. The van der Waals surface area contributed by atoms with E-state index in [9.17, 15) is 0 Å². The summed E-state index contributed by atoms with van der Waals surface area (Å²) >= 11 is 0. The standard InChI is InChI=1S/C10H12N4/c1-11-5-9-4-10(7-13-6-9)14-3-2-12-8-14/h2-4,6-8,11H,5H2,1H3. The van der Waals surface area contributed by atoms with Crippen LogP contribution in [0, 0.1) is 0 Å². The van der Waals surface area contributed by atoms with E-state index in [1.54, 1.807) is 12.5 Å². The van der Waals surface area contributed by atoms with Crippen LogP contribution in [0.2, 0.25) is 0 Å². The van der Waals surface area contributed by atoms with Crippen LogP contribution in [0.15, 0.2) is 37.2 Å². The van der Waals surface area contributed by atoms with E-state index in [0.717, 1.165) is 12.2 Å². The van der Waals surface area contributed by atoms with Gasteiger partial charge in [-0.1, -0.05) is 0 Å². The fourth-order valence-electron chi connectivity index (χ4n) is 1.33. The first-order valence-electron chi connectivity index (χ1n) is 4.47. The van der Waals surface area contributed by atoms with E-state index in [0.29, 0.717) is 0 Å². The molecule has 0 aliphatic heterocycles. The number of hydrogen-bond donors (Lipinski definition) is 1. The van der Waals surface area contributed by atoms with Crippen molar-refractivity contribution in [2.24, 2.45) is 0 Å². The van der Waals surface area contributed by atoms with Gasteiger partial charge >= 0.3 is 0 Å². The van der Waals surface area contributed by atoms with Gasteiger partial charge in [-0.25, -0.2) is 4.98 Å². The topological polar surface area (TPSA) is 42.7 Å². The van der Waals surface area contributed by atoms with Crippen LogP contribution >= 0.6 is 0 Å². The molecule has 1 N–H and O–H groups in total. The lowest BCUT2D eigenvalue weighted by Crippen LogP contribution is -2.06. The highest BCUT2D eigenvalue weighted by molar-refractivity contribution is 5.31. The van der Waals surface area contributed by atoms with E-state index in [1.165, 1.54) is 5.56 Å². The summed E-state index contributed by atoms with van der Waals surface area (Å²) in [5.74, 6) is 0. The molecule has 4 heteroatoms. The molecule has 0 aliphatic rings. The molecule has 14 heavy (non-hydrogen) atoms. The Hall–Kier alpha value is -1.68. The Kier molecular flexibility index (Phi) is 2.55. The fraction of sp³-hybridized carbons (Fsp3) is 0.200. The van der Waals surface area contributed by atoms with Crippen LogP contribution in [-0.4, -0.2) is 21.6 Å². The highest BCUT2D eigenvalue weighted by Crippen LogP contribution is 2.07. The lowest BCUT2D eigenvalue weighted by Gasteiger charge is -2.04. The third kappa shape index (κ3) is 1.80. The van der Waals surface area contributed by atoms with Gasteiger partial charge in [-0.2, -0.15) is 0 Å². The van der Waals surface area contributed by atoms with Gasteiger partial charge in [0.25, 0.3) is 0 Å². The molecule has 0 saturated heterocycles. The van der Waals surface area contributed by atoms with E-state index >= 15 is 0 Å². The predicted octanol–water partition coefficient (Wildman–Crippen LogP) is 0.987. The Morgan fingerprint density at radius 2 is 2.29 bits per heavy atom. The first-order chi connectivity index (χ1) is 6.90. The van der Waals surface area contributed by atoms with Crippen LogP contribution < -0.4 is 5.32 Å². The van der Waals surface area contributed by atoms with Crippen LogP contribution in [0.4, 0.5) is 0 Å². The van der Waals surface area contributed by atoms with Gasteiger partial charge in [-0.3, -0.25) is 4.98 Å².